The first-order valence-electron chi connectivity index (χ1n) is 7.69. The second kappa shape index (κ2) is 8.99. The second-order valence-corrected chi connectivity index (χ2v) is 7.76. The van der Waals surface area contributed by atoms with Crippen LogP contribution in [0.3, 0.4) is 0 Å². The zero-order valence-corrected chi connectivity index (χ0v) is 15.9. The van der Waals surface area contributed by atoms with Gasteiger partial charge >= 0.3 is 0 Å². The van der Waals surface area contributed by atoms with Gasteiger partial charge in [0.05, 0.1) is 10.6 Å². The Morgan fingerprint density at radius 3 is 2.36 bits per heavy atom. The molecule has 0 saturated carbocycles. The Balaban J connectivity index is 0.00000312. The Bertz CT molecular complexity index is 810. The number of nitrogens with two attached hydrogens (primary N) is 1. The maximum atomic E-state index is 12.5. The van der Waals surface area contributed by atoms with Crippen LogP contribution in [0.15, 0.2) is 59.5 Å². The van der Waals surface area contributed by atoms with Crippen molar-refractivity contribution in [2.24, 2.45) is 5.73 Å². The summed E-state index contributed by atoms with van der Waals surface area (Å²) in [5.41, 5.74) is 6.63. The van der Waals surface area contributed by atoms with Gasteiger partial charge in [-0.05, 0) is 36.8 Å². The summed E-state index contributed by atoms with van der Waals surface area (Å²) in [6, 6.07) is 14.9. The molecule has 7 heteroatoms. The molecule has 1 unspecified atom stereocenters. The minimum Gasteiger partial charge on any atom is -0.338 e. The summed E-state index contributed by atoms with van der Waals surface area (Å²) in [6.45, 7) is 2.23. The topological polar surface area (TPSA) is 80.5 Å². The van der Waals surface area contributed by atoms with Crippen LogP contribution in [0.5, 0.6) is 0 Å². The quantitative estimate of drug-likeness (QED) is 0.832. The molecule has 1 atom stereocenters. The molecule has 0 aliphatic rings. The summed E-state index contributed by atoms with van der Waals surface area (Å²) >= 11 is 0. The third-order valence-electron chi connectivity index (χ3n) is 3.96. The normalized spacial score (nSPS) is 12.1. The molecule has 136 valence electrons. The number of carbonyl (C=O) groups is 1. The van der Waals surface area contributed by atoms with Gasteiger partial charge in [-0.3, -0.25) is 4.79 Å². The van der Waals surface area contributed by atoms with E-state index >= 15 is 0 Å². The molecule has 1 amide bonds. The molecule has 0 radical (unpaired) electrons. The Labute approximate surface area is 155 Å². The number of hydrogen-bond acceptors (Lipinski definition) is 4. The van der Waals surface area contributed by atoms with E-state index < -0.39 is 9.84 Å². The van der Waals surface area contributed by atoms with E-state index in [1.165, 1.54) is 0 Å². The van der Waals surface area contributed by atoms with Crippen LogP contribution in [-0.2, 0) is 15.6 Å². The Morgan fingerprint density at radius 2 is 1.76 bits per heavy atom. The Morgan fingerprint density at radius 1 is 1.12 bits per heavy atom. The second-order valence-electron chi connectivity index (χ2n) is 5.77. The highest BCUT2D eigenvalue weighted by molar-refractivity contribution is 7.90. The number of sulfone groups is 1. The average Bonchev–Trinajstić information content (AvgIpc) is 2.60. The van der Waals surface area contributed by atoms with Crippen LogP contribution in [-0.4, -0.2) is 38.9 Å². The number of benzene rings is 2. The van der Waals surface area contributed by atoms with Crippen molar-refractivity contribution in [3.8, 4) is 0 Å². The summed E-state index contributed by atoms with van der Waals surface area (Å²) in [5.74, 6) is -0.319. The molecular weight excluding hydrogens is 360 g/mol. The summed E-state index contributed by atoms with van der Waals surface area (Å²) in [7, 11) is -1.75. The fraction of sp³-hybridized carbons (Fsp3) is 0.278. The lowest BCUT2D eigenvalue weighted by atomic mass is 10.1. The van der Waals surface area contributed by atoms with E-state index in [2.05, 4.69) is 0 Å². The molecular formula is C18H23ClN2O3S. The lowest BCUT2D eigenvalue weighted by Crippen LogP contribution is -2.39. The summed E-state index contributed by atoms with van der Waals surface area (Å²) in [5, 5.41) is 0. The first-order chi connectivity index (χ1) is 11.3. The van der Waals surface area contributed by atoms with Gasteiger partial charge < -0.3 is 10.6 Å². The molecule has 5 nitrogen and oxygen atoms in total. The Kier molecular flexibility index (Phi) is 7.60. The predicted octanol–water partition coefficient (Wildman–Crippen LogP) is 2.50. The summed E-state index contributed by atoms with van der Waals surface area (Å²) < 4.78 is 24.9. The fourth-order valence-electron chi connectivity index (χ4n) is 2.29. The van der Waals surface area contributed by atoms with Crippen molar-refractivity contribution in [1.82, 2.24) is 4.90 Å². The van der Waals surface area contributed by atoms with Gasteiger partial charge in [-0.15, -0.1) is 12.4 Å². The number of amides is 1. The zero-order valence-electron chi connectivity index (χ0n) is 14.3. The number of hydrogen-bond donors (Lipinski definition) is 1. The molecule has 2 aromatic carbocycles. The number of nitrogens with zero attached hydrogens (tertiary/aromatic N) is 1. The lowest BCUT2D eigenvalue weighted by Gasteiger charge is -2.23. The van der Waals surface area contributed by atoms with E-state index in [-0.39, 0.29) is 35.0 Å². The van der Waals surface area contributed by atoms with Gasteiger partial charge in [-0.1, -0.05) is 30.3 Å². The molecule has 0 aliphatic carbocycles. The van der Waals surface area contributed by atoms with Crippen LogP contribution >= 0.6 is 12.4 Å². The number of carbonyl (C=O) groups excluding carboxylic acids is 1. The SMILES string of the molecule is CC(CN)N(C)C(=O)c1cccc(CS(=O)(=O)c2ccccc2)c1.Cl. The predicted molar refractivity (Wildman–Crippen MR) is 102 cm³/mol. The molecule has 0 spiro atoms. The van der Waals surface area contributed by atoms with Gasteiger partial charge in [0.25, 0.3) is 5.91 Å². The molecule has 2 N–H and O–H groups in total. The molecule has 0 aliphatic heterocycles. The smallest absolute Gasteiger partial charge is 0.253 e. The van der Waals surface area contributed by atoms with Crippen molar-refractivity contribution >= 4 is 28.2 Å². The number of rotatable bonds is 6. The van der Waals surface area contributed by atoms with Crippen LogP contribution in [0.4, 0.5) is 0 Å². The highest BCUT2D eigenvalue weighted by atomic mass is 35.5. The van der Waals surface area contributed by atoms with Crippen LogP contribution in [0.25, 0.3) is 0 Å². The Hall–Kier alpha value is -1.89. The van der Waals surface area contributed by atoms with E-state index in [0.717, 1.165) is 0 Å². The maximum Gasteiger partial charge on any atom is 0.253 e. The van der Waals surface area contributed by atoms with Crippen molar-refractivity contribution in [2.75, 3.05) is 13.6 Å². The van der Waals surface area contributed by atoms with Gasteiger partial charge in [-0.2, -0.15) is 0 Å². The minimum absolute atomic E-state index is 0. The van der Waals surface area contributed by atoms with Crippen molar-refractivity contribution in [3.05, 3.63) is 65.7 Å². The molecule has 0 heterocycles. The van der Waals surface area contributed by atoms with Crippen molar-refractivity contribution < 1.29 is 13.2 Å². The van der Waals surface area contributed by atoms with Crippen LogP contribution in [0, 0.1) is 0 Å². The van der Waals surface area contributed by atoms with E-state index in [1.54, 1.807) is 66.5 Å². The molecule has 0 aromatic heterocycles. The van der Waals surface area contributed by atoms with Gasteiger partial charge in [0.1, 0.15) is 0 Å². The summed E-state index contributed by atoms with van der Waals surface area (Å²) in [4.78, 5) is 14.3. The monoisotopic (exact) mass is 382 g/mol. The van der Waals surface area contributed by atoms with Gasteiger partial charge in [0, 0.05) is 25.2 Å². The highest BCUT2D eigenvalue weighted by Gasteiger charge is 2.19. The van der Waals surface area contributed by atoms with Crippen LogP contribution in [0.1, 0.15) is 22.8 Å². The zero-order chi connectivity index (χ0) is 17.7. The first kappa shape index (κ1) is 21.2. The summed E-state index contributed by atoms with van der Waals surface area (Å²) in [6.07, 6.45) is 0. The van der Waals surface area contributed by atoms with Crippen molar-refractivity contribution in [2.45, 2.75) is 23.6 Å². The van der Waals surface area contributed by atoms with E-state index in [0.29, 0.717) is 17.7 Å². The van der Waals surface area contributed by atoms with Gasteiger partial charge in [0.2, 0.25) is 0 Å². The van der Waals surface area contributed by atoms with Crippen LogP contribution < -0.4 is 5.73 Å². The highest BCUT2D eigenvalue weighted by Crippen LogP contribution is 2.17. The van der Waals surface area contributed by atoms with Crippen LogP contribution in [0.2, 0.25) is 0 Å². The largest absolute Gasteiger partial charge is 0.338 e. The lowest BCUT2D eigenvalue weighted by molar-refractivity contribution is 0.0748. The standard InChI is InChI=1S/C18H22N2O3S.ClH/c1-14(12-19)20(2)18(21)16-8-6-7-15(11-16)13-24(22,23)17-9-4-3-5-10-17;/h3-11,14H,12-13,19H2,1-2H3;1H. The first-order valence-corrected chi connectivity index (χ1v) is 9.34. The average molecular weight is 383 g/mol. The molecule has 2 aromatic rings. The molecule has 0 fully saturated rings. The van der Waals surface area contributed by atoms with E-state index in [4.69, 9.17) is 5.73 Å². The molecule has 2 rings (SSSR count). The van der Waals surface area contributed by atoms with Gasteiger partial charge in [0.15, 0.2) is 9.84 Å². The maximum absolute atomic E-state index is 12.5. The van der Waals surface area contributed by atoms with E-state index in [1.807, 2.05) is 6.92 Å². The third-order valence-corrected chi connectivity index (χ3v) is 5.66. The fourth-order valence-corrected chi connectivity index (χ4v) is 3.64. The van der Waals surface area contributed by atoms with Crippen molar-refractivity contribution in [1.29, 1.82) is 0 Å². The van der Waals surface area contributed by atoms with Crippen molar-refractivity contribution in [3.63, 3.8) is 0 Å². The molecule has 0 saturated heterocycles. The molecule has 25 heavy (non-hydrogen) atoms. The molecule has 0 bridgehead atoms. The minimum atomic E-state index is -3.44. The van der Waals surface area contributed by atoms with Gasteiger partial charge in [-0.25, -0.2) is 8.42 Å². The van der Waals surface area contributed by atoms with E-state index in [9.17, 15) is 13.2 Å². The number of halogens is 1. The third kappa shape index (κ3) is 5.29. The number of likely N-dealkylation sites (N-methyl/N-ethyl adjacent to an activating group) is 1.